The van der Waals surface area contributed by atoms with Crippen molar-refractivity contribution in [2.75, 3.05) is 32.1 Å². The molecule has 3 aromatic heterocycles. The number of phenolic OH excluding ortho intramolecular Hbond substituents is 1. The molecule has 3 aliphatic rings. The number of ether oxygens (including phenoxy) is 1. The lowest BCUT2D eigenvalue weighted by Gasteiger charge is -2.36. The van der Waals surface area contributed by atoms with E-state index in [1.165, 1.54) is 17.0 Å². The van der Waals surface area contributed by atoms with Crippen molar-refractivity contribution < 1.29 is 33.8 Å². The van der Waals surface area contributed by atoms with Crippen LogP contribution in [0.25, 0.3) is 33.3 Å². The summed E-state index contributed by atoms with van der Waals surface area (Å²) in [6.45, 7) is 15.9. The van der Waals surface area contributed by atoms with Crippen LogP contribution >= 0.6 is 11.3 Å². The number of nitrogens with zero attached hydrogens (tertiary/aromatic N) is 5. The number of anilines is 1. The molecular formula is C50H61N9O7S. The van der Waals surface area contributed by atoms with Crippen molar-refractivity contribution in [3.05, 3.63) is 81.9 Å². The smallest absolute Gasteiger partial charge is 0.324 e. The second-order valence-corrected chi connectivity index (χ2v) is 20.3. The maximum Gasteiger partial charge on any atom is 0.324 e. The van der Waals surface area contributed by atoms with Crippen LogP contribution < -0.4 is 21.4 Å². The molecule has 2 aromatic carbocycles. The number of rotatable bonds is 10. The van der Waals surface area contributed by atoms with Crippen LogP contribution in [0, 0.1) is 11.3 Å². The van der Waals surface area contributed by atoms with Crippen molar-refractivity contribution in [1.29, 1.82) is 0 Å². The van der Waals surface area contributed by atoms with Crippen molar-refractivity contribution in [2.45, 2.75) is 111 Å². The van der Waals surface area contributed by atoms with E-state index in [0.29, 0.717) is 37.9 Å². The first-order chi connectivity index (χ1) is 31.9. The number of aromatic nitrogens is 3. The van der Waals surface area contributed by atoms with Crippen LogP contribution in [0.4, 0.5) is 5.82 Å². The Morgan fingerprint density at radius 3 is 2.57 bits per heavy atom. The molecule has 0 radical (unpaired) electrons. The fraction of sp³-hybridized carbons (Fsp3) is 0.460. The Kier molecular flexibility index (Phi) is 13.6. The number of carbonyl (C=O) groups is 5. The fourth-order valence-corrected chi connectivity index (χ4v) is 10.2. The molecular weight excluding hydrogens is 871 g/mol. The number of pyridine rings is 1. The molecule has 0 spiro atoms. The zero-order valence-electron chi connectivity index (χ0n) is 39.4. The normalized spacial score (nSPS) is 20.0. The van der Waals surface area contributed by atoms with Gasteiger partial charge in [-0.2, -0.15) is 0 Å². The summed E-state index contributed by atoms with van der Waals surface area (Å²) in [6, 6.07) is 12.3. The summed E-state index contributed by atoms with van der Waals surface area (Å²) in [5, 5.41) is 24.0. The second kappa shape index (κ2) is 19.2. The lowest BCUT2D eigenvalue weighted by molar-refractivity contribution is -0.155. The number of hydrogen-bond acceptors (Lipinski definition) is 12. The first-order valence-corrected chi connectivity index (χ1v) is 24.1. The third kappa shape index (κ3) is 10.1. The Morgan fingerprint density at radius 1 is 1.07 bits per heavy atom. The quantitative estimate of drug-likeness (QED) is 0.0807. The van der Waals surface area contributed by atoms with Gasteiger partial charge in [-0.15, -0.1) is 11.3 Å². The Morgan fingerprint density at radius 2 is 1.85 bits per heavy atom. The molecule has 4 amide bonds. The van der Waals surface area contributed by atoms with Gasteiger partial charge in [0, 0.05) is 66.6 Å². The summed E-state index contributed by atoms with van der Waals surface area (Å²) >= 11 is 1.05. The Labute approximate surface area is 394 Å². The number of carbonyl (C=O) groups excluding carboxylic acids is 5. The largest absolute Gasteiger partial charge is 0.508 e. The number of amides is 4. The maximum atomic E-state index is 14.7. The number of benzene rings is 2. The predicted octanol–water partition coefficient (Wildman–Crippen LogP) is 6.03. The molecule has 8 rings (SSSR count). The summed E-state index contributed by atoms with van der Waals surface area (Å²) in [7, 11) is 1.51. The van der Waals surface area contributed by atoms with Gasteiger partial charge in [0.2, 0.25) is 11.8 Å². The molecule has 354 valence electrons. The van der Waals surface area contributed by atoms with Crippen molar-refractivity contribution in [1.82, 2.24) is 40.5 Å². The van der Waals surface area contributed by atoms with Crippen LogP contribution in [0.1, 0.15) is 93.8 Å². The van der Waals surface area contributed by atoms with Gasteiger partial charge in [0.25, 0.3) is 11.8 Å². The molecule has 6 bridgehead atoms. The molecule has 3 aliphatic heterocycles. The minimum Gasteiger partial charge on any atom is -0.508 e. The molecule has 5 aromatic rings. The zero-order chi connectivity index (χ0) is 47.9. The number of aryl methyl sites for hydroxylation is 1. The van der Waals surface area contributed by atoms with Gasteiger partial charge in [0.1, 0.15) is 29.7 Å². The van der Waals surface area contributed by atoms with Gasteiger partial charge < -0.3 is 35.3 Å². The van der Waals surface area contributed by atoms with Gasteiger partial charge >= 0.3 is 5.97 Å². The summed E-state index contributed by atoms with van der Waals surface area (Å²) in [6.07, 6.45) is 3.32. The molecule has 16 nitrogen and oxygen atoms in total. The molecule has 6 heterocycles. The minimum atomic E-state index is -1.19. The predicted molar refractivity (Wildman–Crippen MR) is 257 cm³/mol. The number of hydrazine groups is 1. The van der Waals surface area contributed by atoms with E-state index in [2.05, 4.69) is 83.7 Å². The molecule has 2 fully saturated rings. The van der Waals surface area contributed by atoms with Gasteiger partial charge in [-0.1, -0.05) is 53.7 Å². The lowest BCUT2D eigenvalue weighted by atomic mass is 9.83. The first-order valence-electron chi connectivity index (χ1n) is 23.2. The van der Waals surface area contributed by atoms with E-state index in [4.69, 9.17) is 9.72 Å². The molecule has 0 aliphatic carbocycles. The first kappa shape index (κ1) is 47.3. The van der Waals surface area contributed by atoms with Gasteiger partial charge in [0.05, 0.1) is 24.0 Å². The third-order valence-corrected chi connectivity index (χ3v) is 13.6. The van der Waals surface area contributed by atoms with E-state index in [1.807, 2.05) is 24.4 Å². The van der Waals surface area contributed by atoms with Crippen LogP contribution in [0.15, 0.2) is 60.1 Å². The number of thiazole rings is 1. The standard InChI is InChI=1S/C50H61N9O7S/c1-9-58-39-15-14-30-22-34(39)35(43(58)33-12-10-16-51-41(33)27(2)3)23-50(6,7)26-66-49(65)36-13-11-17-59(56-36)47(63)37(20-29-18-31(30)21-32(60)19-29)53-45(62)42(28(4)5)57(8)48(64)46-55-40(25-67-46)54-44(61)38-24-52-38/h10,12,14-16,18-19,21-22,25,27-28,36-38,42,52,56,60H,9,11,13,17,20,23-24,26H2,1-8H3,(H,53,62)(H,54,61)/t36-,37-,38+,42-/m0/s1. The average Bonchev–Trinajstić information content (AvgIpc) is 3.98. The molecule has 0 unspecified atom stereocenters. The van der Waals surface area contributed by atoms with Crippen molar-refractivity contribution in [2.24, 2.45) is 11.3 Å². The Hall–Kier alpha value is -6.17. The van der Waals surface area contributed by atoms with Crippen LogP contribution in [-0.4, -0.2) is 110 Å². The van der Waals surface area contributed by atoms with E-state index < -0.39 is 53.1 Å². The van der Waals surface area contributed by atoms with Crippen LogP contribution in [0.5, 0.6) is 5.75 Å². The van der Waals surface area contributed by atoms with E-state index in [0.717, 1.165) is 55.9 Å². The average molecular weight is 932 g/mol. The van der Waals surface area contributed by atoms with Crippen molar-refractivity contribution >= 4 is 57.7 Å². The number of hydrogen-bond donors (Lipinski definition) is 5. The second-order valence-electron chi connectivity index (χ2n) is 19.4. The van der Waals surface area contributed by atoms with E-state index in [-0.39, 0.29) is 54.0 Å². The Balaban J connectivity index is 1.18. The fourth-order valence-electron chi connectivity index (χ4n) is 9.44. The molecule has 5 N–H and O–H groups in total. The van der Waals surface area contributed by atoms with Gasteiger partial charge in [-0.3, -0.25) is 34.0 Å². The summed E-state index contributed by atoms with van der Waals surface area (Å²) in [4.78, 5) is 79.8. The maximum absolute atomic E-state index is 14.7. The third-order valence-electron chi connectivity index (χ3n) is 12.8. The topological polar surface area (TPSA) is 210 Å². The highest BCUT2D eigenvalue weighted by atomic mass is 32.1. The van der Waals surface area contributed by atoms with Crippen LogP contribution in [-0.2, 0) is 43.3 Å². The van der Waals surface area contributed by atoms with Crippen LogP contribution in [0.3, 0.4) is 0 Å². The van der Waals surface area contributed by atoms with Gasteiger partial charge in [0.15, 0.2) is 5.01 Å². The monoisotopic (exact) mass is 931 g/mol. The summed E-state index contributed by atoms with van der Waals surface area (Å²) in [5.74, 6) is -2.32. The molecule has 4 atom stereocenters. The highest BCUT2D eigenvalue weighted by Crippen LogP contribution is 2.42. The Bertz CT molecular complexity index is 2720. The molecule has 2 saturated heterocycles. The van der Waals surface area contributed by atoms with Crippen molar-refractivity contribution in [3.8, 4) is 28.1 Å². The summed E-state index contributed by atoms with van der Waals surface area (Å²) in [5.41, 5.74) is 9.97. The zero-order valence-corrected chi connectivity index (χ0v) is 40.3. The number of fused-ring (bicyclic) bond motifs is 6. The number of phenols is 1. The summed E-state index contributed by atoms with van der Waals surface area (Å²) < 4.78 is 8.43. The van der Waals surface area contributed by atoms with E-state index in [9.17, 15) is 29.1 Å². The lowest BCUT2D eigenvalue weighted by Crippen LogP contribution is -2.62. The number of cyclic esters (lactones) is 1. The van der Waals surface area contributed by atoms with Crippen LogP contribution in [0.2, 0.25) is 0 Å². The van der Waals surface area contributed by atoms with E-state index in [1.54, 1.807) is 31.4 Å². The van der Waals surface area contributed by atoms with E-state index >= 15 is 0 Å². The molecule has 0 saturated carbocycles. The highest BCUT2D eigenvalue weighted by Gasteiger charge is 2.39. The van der Waals surface area contributed by atoms with Gasteiger partial charge in [-0.25, -0.2) is 10.4 Å². The number of likely N-dealkylation sites (N-methyl/N-ethyl adjacent to an activating group) is 1. The highest BCUT2D eigenvalue weighted by molar-refractivity contribution is 7.12. The van der Waals surface area contributed by atoms with Gasteiger partial charge in [-0.05, 0) is 96.7 Å². The minimum absolute atomic E-state index is 0.0127. The number of esters is 1. The number of nitrogens with one attached hydrogen (secondary N) is 4. The SMILES string of the molecule is CCn1c(-c2cccnc2C(C)C)c2c3cc(ccc31)-c1cc(O)cc(c1)C[C@H](NC(=O)[C@H](C(C)C)N(C)C(=O)c1nc(NC(=O)[C@H]3CN3)cs1)C(=O)N1CCC[C@H](N1)C(=O)OCC(C)(C)C2. The molecule has 17 heteroatoms. The molecule has 67 heavy (non-hydrogen) atoms. The van der Waals surface area contributed by atoms with Crippen molar-refractivity contribution in [3.63, 3.8) is 0 Å². The number of aromatic hydroxyl groups is 1.